The highest BCUT2D eigenvalue weighted by molar-refractivity contribution is 5.79. The smallest absolute Gasteiger partial charge is 0.321 e. The molecule has 1 aliphatic carbocycles. The first kappa shape index (κ1) is 23.5. The molecule has 1 atom stereocenters. The molecular formula is C31H27NO4. The number of carboxylic acid groups (broad SMARTS) is 1. The molecule has 5 heteroatoms. The molecule has 0 heterocycles. The SMILES string of the molecule is O=C(CN[C@H](Cc1ccc(-c2ccccc2)cc1)C(=O)O)OCC1c2ccccc2-c2ccccc21. The first-order chi connectivity index (χ1) is 17.6. The van der Waals surface area contributed by atoms with E-state index in [9.17, 15) is 14.7 Å². The van der Waals surface area contributed by atoms with Crippen molar-refractivity contribution in [3.63, 3.8) is 0 Å². The summed E-state index contributed by atoms with van der Waals surface area (Å²) in [5.74, 6) is -1.50. The van der Waals surface area contributed by atoms with Gasteiger partial charge in [0.05, 0.1) is 6.54 Å². The number of hydrogen-bond donors (Lipinski definition) is 2. The summed E-state index contributed by atoms with van der Waals surface area (Å²) in [6.07, 6.45) is 0.265. The van der Waals surface area contributed by atoms with Gasteiger partial charge in [-0.05, 0) is 45.4 Å². The van der Waals surface area contributed by atoms with Gasteiger partial charge in [0, 0.05) is 5.92 Å². The van der Waals surface area contributed by atoms with Crippen LogP contribution in [0.1, 0.15) is 22.6 Å². The van der Waals surface area contributed by atoms with Crippen LogP contribution in [0.3, 0.4) is 0 Å². The molecule has 0 unspecified atom stereocenters. The predicted octanol–water partition coefficient (Wildman–Crippen LogP) is 5.29. The van der Waals surface area contributed by atoms with Crippen LogP contribution in [0.15, 0.2) is 103 Å². The van der Waals surface area contributed by atoms with Crippen molar-refractivity contribution in [1.82, 2.24) is 5.32 Å². The minimum absolute atomic E-state index is 0.0280. The standard InChI is InChI=1S/C31H27NO4/c33-30(36-20-28-26-12-6-4-10-24(26)25-11-5-7-13-27(25)28)19-32-29(31(34)35)18-21-14-16-23(17-15-21)22-8-2-1-3-9-22/h1-17,28-29,32H,18-20H2,(H,34,35)/t29-/m1/s1. The lowest BCUT2D eigenvalue weighted by molar-refractivity contribution is -0.144. The summed E-state index contributed by atoms with van der Waals surface area (Å²) in [6, 6.07) is 33.2. The molecule has 4 aromatic rings. The van der Waals surface area contributed by atoms with E-state index in [1.54, 1.807) is 0 Å². The average molecular weight is 478 g/mol. The maximum absolute atomic E-state index is 12.5. The van der Waals surface area contributed by atoms with E-state index in [1.165, 1.54) is 0 Å². The Balaban J connectivity index is 1.17. The van der Waals surface area contributed by atoms with Gasteiger partial charge in [-0.3, -0.25) is 14.9 Å². The number of ether oxygens (including phenoxy) is 1. The second kappa shape index (κ2) is 10.6. The Hall–Kier alpha value is -4.22. The molecule has 5 nitrogen and oxygen atoms in total. The molecule has 36 heavy (non-hydrogen) atoms. The molecule has 0 aliphatic heterocycles. The average Bonchev–Trinajstić information content (AvgIpc) is 3.24. The summed E-state index contributed by atoms with van der Waals surface area (Å²) in [6.45, 7) is 0.0440. The number of aliphatic carboxylic acids is 1. The summed E-state index contributed by atoms with van der Waals surface area (Å²) in [5, 5.41) is 12.5. The van der Waals surface area contributed by atoms with E-state index in [4.69, 9.17) is 4.74 Å². The zero-order valence-electron chi connectivity index (χ0n) is 19.8. The third-order valence-corrected chi connectivity index (χ3v) is 6.67. The minimum atomic E-state index is -1.01. The number of benzene rings is 4. The van der Waals surface area contributed by atoms with Gasteiger partial charge in [0.2, 0.25) is 0 Å². The van der Waals surface area contributed by atoms with Crippen LogP contribution in [0.5, 0.6) is 0 Å². The molecule has 4 aromatic carbocycles. The third kappa shape index (κ3) is 5.07. The Labute approximate surface area is 210 Å². The molecular weight excluding hydrogens is 450 g/mol. The highest BCUT2D eigenvalue weighted by Gasteiger charge is 2.29. The fourth-order valence-electron chi connectivity index (χ4n) is 4.82. The summed E-state index contributed by atoms with van der Waals surface area (Å²) in [7, 11) is 0. The van der Waals surface area contributed by atoms with E-state index in [-0.39, 0.29) is 25.5 Å². The normalized spacial score (nSPS) is 13.0. The van der Waals surface area contributed by atoms with Gasteiger partial charge < -0.3 is 9.84 Å². The van der Waals surface area contributed by atoms with E-state index in [2.05, 4.69) is 29.6 Å². The summed E-state index contributed by atoms with van der Waals surface area (Å²) in [5.41, 5.74) is 7.66. The Kier molecular flexibility index (Phi) is 6.92. The lowest BCUT2D eigenvalue weighted by Crippen LogP contribution is -2.41. The van der Waals surface area contributed by atoms with Crippen LogP contribution in [-0.2, 0) is 20.7 Å². The second-order valence-corrected chi connectivity index (χ2v) is 8.95. The van der Waals surface area contributed by atoms with Crippen molar-refractivity contribution in [1.29, 1.82) is 0 Å². The van der Waals surface area contributed by atoms with Gasteiger partial charge in [0.25, 0.3) is 0 Å². The number of carboxylic acids is 1. The van der Waals surface area contributed by atoms with Crippen molar-refractivity contribution in [2.75, 3.05) is 13.2 Å². The van der Waals surface area contributed by atoms with E-state index in [0.717, 1.165) is 38.9 Å². The number of esters is 1. The Morgan fingerprint density at radius 1 is 0.750 bits per heavy atom. The first-order valence-electron chi connectivity index (χ1n) is 12.0. The molecule has 0 radical (unpaired) electrons. The highest BCUT2D eigenvalue weighted by Crippen LogP contribution is 2.44. The predicted molar refractivity (Wildman–Crippen MR) is 140 cm³/mol. The van der Waals surface area contributed by atoms with E-state index in [1.807, 2.05) is 78.9 Å². The van der Waals surface area contributed by atoms with Crippen molar-refractivity contribution in [2.24, 2.45) is 0 Å². The van der Waals surface area contributed by atoms with Gasteiger partial charge in [-0.1, -0.05) is 103 Å². The van der Waals surface area contributed by atoms with Crippen LogP contribution in [0.2, 0.25) is 0 Å². The van der Waals surface area contributed by atoms with Gasteiger partial charge in [0.15, 0.2) is 0 Å². The zero-order chi connectivity index (χ0) is 24.9. The van der Waals surface area contributed by atoms with Crippen LogP contribution in [0.4, 0.5) is 0 Å². The molecule has 0 fully saturated rings. The van der Waals surface area contributed by atoms with Crippen LogP contribution < -0.4 is 5.32 Å². The van der Waals surface area contributed by atoms with E-state index < -0.39 is 18.0 Å². The lowest BCUT2D eigenvalue weighted by atomic mass is 9.98. The molecule has 0 spiro atoms. The second-order valence-electron chi connectivity index (χ2n) is 8.95. The minimum Gasteiger partial charge on any atom is -0.480 e. The van der Waals surface area contributed by atoms with Gasteiger partial charge in [-0.15, -0.1) is 0 Å². The highest BCUT2D eigenvalue weighted by atomic mass is 16.5. The van der Waals surface area contributed by atoms with Crippen molar-refractivity contribution in [3.05, 3.63) is 120 Å². The van der Waals surface area contributed by atoms with Gasteiger partial charge >= 0.3 is 11.9 Å². The molecule has 0 saturated carbocycles. The van der Waals surface area contributed by atoms with Crippen LogP contribution in [0, 0.1) is 0 Å². The number of carbonyl (C=O) groups is 2. The molecule has 0 saturated heterocycles. The van der Waals surface area contributed by atoms with Crippen LogP contribution >= 0.6 is 0 Å². The number of rotatable bonds is 9. The van der Waals surface area contributed by atoms with Gasteiger partial charge in [-0.25, -0.2) is 0 Å². The summed E-state index contributed by atoms with van der Waals surface area (Å²) in [4.78, 5) is 24.4. The van der Waals surface area contributed by atoms with Crippen molar-refractivity contribution >= 4 is 11.9 Å². The molecule has 2 N–H and O–H groups in total. The summed E-state index contributed by atoms with van der Waals surface area (Å²) < 4.78 is 5.59. The zero-order valence-corrected chi connectivity index (χ0v) is 19.8. The topological polar surface area (TPSA) is 75.6 Å². The lowest BCUT2D eigenvalue weighted by Gasteiger charge is -2.17. The maximum atomic E-state index is 12.5. The quantitative estimate of drug-likeness (QED) is 0.320. The van der Waals surface area contributed by atoms with Crippen molar-refractivity contribution in [2.45, 2.75) is 18.4 Å². The van der Waals surface area contributed by atoms with Crippen molar-refractivity contribution in [3.8, 4) is 22.3 Å². The Bertz CT molecular complexity index is 1320. The third-order valence-electron chi connectivity index (χ3n) is 6.67. The van der Waals surface area contributed by atoms with Crippen LogP contribution in [-0.4, -0.2) is 36.2 Å². The number of nitrogens with one attached hydrogen (secondary N) is 1. The van der Waals surface area contributed by atoms with E-state index >= 15 is 0 Å². The monoisotopic (exact) mass is 477 g/mol. The van der Waals surface area contributed by atoms with Gasteiger partial charge in [0.1, 0.15) is 12.6 Å². The summed E-state index contributed by atoms with van der Waals surface area (Å²) >= 11 is 0. The molecule has 1 aliphatic rings. The van der Waals surface area contributed by atoms with Crippen molar-refractivity contribution < 1.29 is 19.4 Å². The largest absolute Gasteiger partial charge is 0.480 e. The fraction of sp³-hybridized carbons (Fsp3) is 0.161. The molecule has 0 aromatic heterocycles. The maximum Gasteiger partial charge on any atom is 0.321 e. The van der Waals surface area contributed by atoms with Crippen LogP contribution in [0.25, 0.3) is 22.3 Å². The Morgan fingerprint density at radius 2 is 1.31 bits per heavy atom. The molecule has 180 valence electrons. The number of hydrogen-bond acceptors (Lipinski definition) is 4. The van der Waals surface area contributed by atoms with Gasteiger partial charge in [-0.2, -0.15) is 0 Å². The fourth-order valence-corrected chi connectivity index (χ4v) is 4.82. The van der Waals surface area contributed by atoms with E-state index in [0.29, 0.717) is 0 Å². The number of fused-ring (bicyclic) bond motifs is 3. The molecule has 0 bridgehead atoms. The molecule has 0 amide bonds. The first-order valence-corrected chi connectivity index (χ1v) is 12.0. The molecule has 5 rings (SSSR count). The Morgan fingerprint density at radius 3 is 1.92 bits per heavy atom. The number of carbonyl (C=O) groups excluding carboxylic acids is 1.